The number of methoxy groups -OCH3 is 1. The van der Waals surface area contributed by atoms with Gasteiger partial charge in [-0.3, -0.25) is 0 Å². The molecule has 0 aliphatic heterocycles. The van der Waals surface area contributed by atoms with E-state index in [-0.39, 0.29) is 0 Å². The summed E-state index contributed by atoms with van der Waals surface area (Å²) >= 11 is 0. The van der Waals surface area contributed by atoms with Crippen molar-refractivity contribution in [3.8, 4) is 5.75 Å². The Morgan fingerprint density at radius 1 is 1.37 bits per heavy atom. The Morgan fingerprint density at radius 3 is 2.89 bits per heavy atom. The third-order valence-electron chi connectivity index (χ3n) is 4.11. The maximum Gasteiger partial charge on any atom is 0.122 e. The fourth-order valence-electron chi connectivity index (χ4n) is 3.10. The van der Waals surface area contributed by atoms with E-state index < -0.39 is 0 Å². The number of nitrogens with one attached hydrogen (secondary N) is 1. The number of rotatable bonds is 6. The number of hydrogen-bond acceptors (Lipinski definition) is 3. The summed E-state index contributed by atoms with van der Waals surface area (Å²) in [4.78, 5) is 0. The van der Waals surface area contributed by atoms with Crippen molar-refractivity contribution >= 4 is 0 Å². The predicted molar refractivity (Wildman–Crippen MR) is 77.5 cm³/mol. The third kappa shape index (κ3) is 3.71. The average Bonchev–Trinajstić information content (AvgIpc) is 2.86. The molecule has 0 amide bonds. The van der Waals surface area contributed by atoms with Crippen molar-refractivity contribution < 1.29 is 9.84 Å². The molecule has 1 aliphatic carbocycles. The van der Waals surface area contributed by atoms with E-state index in [1.807, 2.05) is 12.1 Å². The zero-order valence-corrected chi connectivity index (χ0v) is 11.9. The molecular weight excluding hydrogens is 238 g/mol. The van der Waals surface area contributed by atoms with E-state index in [0.717, 1.165) is 18.6 Å². The molecule has 3 nitrogen and oxygen atoms in total. The quantitative estimate of drug-likeness (QED) is 0.828. The van der Waals surface area contributed by atoms with Crippen molar-refractivity contribution in [3.05, 3.63) is 29.8 Å². The lowest BCUT2D eigenvalue weighted by molar-refractivity contribution is 0.200. The lowest BCUT2D eigenvalue weighted by atomic mass is 10.0. The second-order valence-corrected chi connectivity index (χ2v) is 5.56. The van der Waals surface area contributed by atoms with Crippen molar-refractivity contribution in [1.29, 1.82) is 0 Å². The minimum absolute atomic E-state index is 0.305. The Kier molecular flexibility index (Phi) is 5.23. The van der Waals surface area contributed by atoms with Crippen LogP contribution in [0.25, 0.3) is 0 Å². The molecule has 3 unspecified atom stereocenters. The number of para-hydroxylation sites is 1. The largest absolute Gasteiger partial charge is 0.496 e. The predicted octanol–water partition coefficient (Wildman–Crippen LogP) is 2.38. The summed E-state index contributed by atoms with van der Waals surface area (Å²) in [6.07, 6.45) is 4.51. The van der Waals surface area contributed by atoms with Crippen LogP contribution >= 0.6 is 0 Å². The minimum Gasteiger partial charge on any atom is -0.496 e. The molecule has 1 fully saturated rings. The fourth-order valence-corrected chi connectivity index (χ4v) is 3.10. The van der Waals surface area contributed by atoms with Crippen LogP contribution in [0.1, 0.15) is 31.7 Å². The van der Waals surface area contributed by atoms with Gasteiger partial charge in [-0.1, -0.05) is 24.6 Å². The van der Waals surface area contributed by atoms with Gasteiger partial charge < -0.3 is 15.2 Å². The SMILES string of the molecule is COc1ccccc1CC(C)NC1CCCC1CO. The van der Waals surface area contributed by atoms with Crippen molar-refractivity contribution in [2.45, 2.75) is 44.7 Å². The second-order valence-electron chi connectivity index (χ2n) is 5.56. The molecule has 0 heterocycles. The highest BCUT2D eigenvalue weighted by Gasteiger charge is 2.27. The standard InChI is InChI=1S/C16H25NO2/c1-12(17-15-8-5-7-14(15)11-18)10-13-6-3-4-9-16(13)19-2/h3-4,6,9,12,14-15,17-18H,5,7-8,10-11H2,1-2H3. The first-order valence-corrected chi connectivity index (χ1v) is 7.23. The summed E-state index contributed by atoms with van der Waals surface area (Å²) in [6.45, 7) is 2.51. The van der Waals surface area contributed by atoms with Crippen LogP contribution in [-0.2, 0) is 6.42 Å². The first kappa shape index (κ1) is 14.4. The molecule has 3 heteroatoms. The Labute approximate surface area is 116 Å². The second kappa shape index (κ2) is 6.92. The van der Waals surface area contributed by atoms with E-state index in [9.17, 15) is 5.11 Å². The number of hydrogen-bond donors (Lipinski definition) is 2. The maximum absolute atomic E-state index is 9.36. The van der Waals surface area contributed by atoms with Gasteiger partial charge >= 0.3 is 0 Å². The summed E-state index contributed by atoms with van der Waals surface area (Å²) in [5.41, 5.74) is 1.24. The molecule has 0 bridgehead atoms. The van der Waals surface area contributed by atoms with Crippen LogP contribution in [-0.4, -0.2) is 30.9 Å². The van der Waals surface area contributed by atoms with Crippen molar-refractivity contribution in [1.82, 2.24) is 5.32 Å². The monoisotopic (exact) mass is 263 g/mol. The molecule has 19 heavy (non-hydrogen) atoms. The number of benzene rings is 1. The molecule has 0 radical (unpaired) electrons. The molecule has 2 N–H and O–H groups in total. The van der Waals surface area contributed by atoms with Gasteiger partial charge in [0.15, 0.2) is 0 Å². The molecule has 2 rings (SSSR count). The van der Waals surface area contributed by atoms with Crippen LogP contribution < -0.4 is 10.1 Å². The average molecular weight is 263 g/mol. The van der Waals surface area contributed by atoms with E-state index in [1.165, 1.54) is 18.4 Å². The lowest BCUT2D eigenvalue weighted by Gasteiger charge is -2.24. The third-order valence-corrected chi connectivity index (χ3v) is 4.11. The van der Waals surface area contributed by atoms with Crippen molar-refractivity contribution in [2.75, 3.05) is 13.7 Å². The van der Waals surface area contributed by atoms with Crippen LogP contribution in [0.2, 0.25) is 0 Å². The van der Waals surface area contributed by atoms with Gasteiger partial charge in [-0.25, -0.2) is 0 Å². The molecule has 1 aromatic carbocycles. The van der Waals surface area contributed by atoms with Crippen LogP contribution in [0.4, 0.5) is 0 Å². The fraction of sp³-hybridized carbons (Fsp3) is 0.625. The van der Waals surface area contributed by atoms with Gasteiger partial charge in [0.05, 0.1) is 7.11 Å². The molecule has 106 valence electrons. The number of ether oxygens (including phenoxy) is 1. The van der Waals surface area contributed by atoms with Gasteiger partial charge in [0.1, 0.15) is 5.75 Å². The number of aliphatic hydroxyl groups is 1. The van der Waals surface area contributed by atoms with Crippen LogP contribution in [0, 0.1) is 5.92 Å². The highest BCUT2D eigenvalue weighted by atomic mass is 16.5. The van der Waals surface area contributed by atoms with Crippen LogP contribution in [0.15, 0.2) is 24.3 Å². The van der Waals surface area contributed by atoms with E-state index in [1.54, 1.807) is 7.11 Å². The summed E-state index contributed by atoms with van der Waals surface area (Å²) in [6, 6.07) is 9.04. The topological polar surface area (TPSA) is 41.5 Å². The van der Waals surface area contributed by atoms with Gasteiger partial charge in [-0.15, -0.1) is 0 Å². The van der Waals surface area contributed by atoms with Crippen LogP contribution in [0.3, 0.4) is 0 Å². The lowest BCUT2D eigenvalue weighted by Crippen LogP contribution is -2.41. The van der Waals surface area contributed by atoms with E-state index in [0.29, 0.717) is 24.6 Å². The Balaban J connectivity index is 1.92. The molecule has 3 atom stereocenters. The van der Waals surface area contributed by atoms with E-state index in [4.69, 9.17) is 4.74 Å². The molecule has 0 spiro atoms. The molecule has 1 aliphatic rings. The zero-order chi connectivity index (χ0) is 13.7. The molecule has 1 aromatic rings. The summed E-state index contributed by atoms with van der Waals surface area (Å²) in [5.74, 6) is 1.39. The molecule has 0 saturated heterocycles. The summed E-state index contributed by atoms with van der Waals surface area (Å²) in [5, 5.41) is 13.0. The Bertz CT molecular complexity index is 394. The highest BCUT2D eigenvalue weighted by Crippen LogP contribution is 2.26. The first-order chi connectivity index (χ1) is 9.24. The Hall–Kier alpha value is -1.06. The van der Waals surface area contributed by atoms with E-state index >= 15 is 0 Å². The molecular formula is C16H25NO2. The number of aliphatic hydroxyl groups excluding tert-OH is 1. The molecule has 0 aromatic heterocycles. The van der Waals surface area contributed by atoms with E-state index in [2.05, 4.69) is 24.4 Å². The smallest absolute Gasteiger partial charge is 0.122 e. The minimum atomic E-state index is 0.305. The van der Waals surface area contributed by atoms with Gasteiger partial charge in [0, 0.05) is 18.7 Å². The Morgan fingerprint density at radius 2 is 2.16 bits per heavy atom. The van der Waals surface area contributed by atoms with Gasteiger partial charge in [-0.05, 0) is 43.7 Å². The summed E-state index contributed by atoms with van der Waals surface area (Å²) in [7, 11) is 1.72. The first-order valence-electron chi connectivity index (χ1n) is 7.23. The zero-order valence-electron chi connectivity index (χ0n) is 11.9. The van der Waals surface area contributed by atoms with Gasteiger partial charge in [0.25, 0.3) is 0 Å². The summed E-state index contributed by atoms with van der Waals surface area (Å²) < 4.78 is 5.39. The van der Waals surface area contributed by atoms with Crippen molar-refractivity contribution in [3.63, 3.8) is 0 Å². The van der Waals surface area contributed by atoms with Gasteiger partial charge in [0.2, 0.25) is 0 Å². The van der Waals surface area contributed by atoms with Crippen LogP contribution in [0.5, 0.6) is 5.75 Å². The normalized spacial score (nSPS) is 24.4. The van der Waals surface area contributed by atoms with Gasteiger partial charge in [-0.2, -0.15) is 0 Å². The molecule has 1 saturated carbocycles. The van der Waals surface area contributed by atoms with Crippen molar-refractivity contribution in [2.24, 2.45) is 5.92 Å². The highest BCUT2D eigenvalue weighted by molar-refractivity contribution is 5.33. The maximum atomic E-state index is 9.36.